The number of aromatic amines is 1. The number of H-pyrrole nitrogens is 1. The molecule has 20 heavy (non-hydrogen) atoms. The van der Waals surface area contributed by atoms with Crippen molar-refractivity contribution in [1.29, 1.82) is 0 Å². The van der Waals surface area contributed by atoms with Crippen LogP contribution in [0.15, 0.2) is 18.2 Å². The number of unbranched alkanes of at least 4 members (excludes halogenated alkanes) is 3. The summed E-state index contributed by atoms with van der Waals surface area (Å²) in [5.41, 5.74) is 0.527. The summed E-state index contributed by atoms with van der Waals surface area (Å²) < 4.78 is 40.3. The molecule has 0 spiro atoms. The van der Waals surface area contributed by atoms with Crippen molar-refractivity contribution in [2.24, 2.45) is 0 Å². The van der Waals surface area contributed by atoms with Crippen LogP contribution in [0.2, 0.25) is 0 Å². The van der Waals surface area contributed by atoms with Crippen molar-refractivity contribution in [3.63, 3.8) is 0 Å². The number of rotatable bonds is 5. The standard InChI is InChI=1S/C14H17F3N2S/c1-2-3-4-5-8-19-12-7-6-10(14(15,16)17)9-11(12)18-13(19)20/h6-7,9H,2-5,8H2,1H3,(H,18,20). The third-order valence-corrected chi connectivity index (χ3v) is 3.66. The second kappa shape index (κ2) is 5.99. The van der Waals surface area contributed by atoms with Crippen molar-refractivity contribution in [2.45, 2.75) is 45.3 Å². The van der Waals surface area contributed by atoms with E-state index < -0.39 is 11.7 Å². The van der Waals surface area contributed by atoms with Gasteiger partial charge in [0.15, 0.2) is 4.77 Å². The lowest BCUT2D eigenvalue weighted by atomic mass is 10.2. The molecule has 0 atom stereocenters. The lowest BCUT2D eigenvalue weighted by Gasteiger charge is -2.07. The van der Waals surface area contributed by atoms with Crippen LogP contribution in [0.1, 0.15) is 38.2 Å². The quantitative estimate of drug-likeness (QED) is 0.587. The number of fused-ring (bicyclic) bond motifs is 1. The molecule has 0 unspecified atom stereocenters. The van der Waals surface area contributed by atoms with E-state index in [9.17, 15) is 13.2 Å². The fourth-order valence-corrected chi connectivity index (χ4v) is 2.56. The van der Waals surface area contributed by atoms with Crippen LogP contribution in [0.4, 0.5) is 13.2 Å². The SMILES string of the molecule is CCCCCCn1c(=S)[nH]c2cc(C(F)(F)F)ccc21. The molecule has 0 bridgehead atoms. The Morgan fingerprint density at radius 2 is 1.95 bits per heavy atom. The second-order valence-corrected chi connectivity index (χ2v) is 5.26. The van der Waals surface area contributed by atoms with E-state index in [4.69, 9.17) is 12.2 Å². The first-order chi connectivity index (χ1) is 9.43. The minimum Gasteiger partial charge on any atom is -0.331 e. The van der Waals surface area contributed by atoms with Gasteiger partial charge in [0.05, 0.1) is 16.6 Å². The van der Waals surface area contributed by atoms with Gasteiger partial charge in [0.1, 0.15) is 0 Å². The summed E-state index contributed by atoms with van der Waals surface area (Å²) in [6, 6.07) is 3.71. The first kappa shape index (κ1) is 15.1. The maximum absolute atomic E-state index is 12.7. The number of nitrogens with one attached hydrogen (secondary N) is 1. The highest BCUT2D eigenvalue weighted by atomic mass is 32.1. The van der Waals surface area contributed by atoms with Crippen LogP contribution in [0, 0.1) is 4.77 Å². The van der Waals surface area contributed by atoms with Crippen LogP contribution < -0.4 is 0 Å². The van der Waals surface area contributed by atoms with Crippen LogP contribution in [0.5, 0.6) is 0 Å². The number of alkyl halides is 3. The number of hydrogen-bond donors (Lipinski definition) is 1. The Bertz CT molecular complexity index is 640. The highest BCUT2D eigenvalue weighted by molar-refractivity contribution is 7.71. The van der Waals surface area contributed by atoms with E-state index in [1.54, 1.807) is 0 Å². The van der Waals surface area contributed by atoms with Crippen LogP contribution in [0.3, 0.4) is 0 Å². The van der Waals surface area contributed by atoms with E-state index >= 15 is 0 Å². The number of nitrogens with zero attached hydrogens (tertiary/aromatic N) is 1. The van der Waals surface area contributed by atoms with Gasteiger partial charge >= 0.3 is 6.18 Å². The number of aryl methyl sites for hydroxylation is 1. The average molecular weight is 302 g/mol. The summed E-state index contributed by atoms with van der Waals surface area (Å²) in [6.07, 6.45) is 0.0662. The minimum absolute atomic E-state index is 0.445. The van der Waals surface area contributed by atoms with E-state index in [-0.39, 0.29) is 0 Å². The van der Waals surface area contributed by atoms with Crippen LogP contribution in [-0.4, -0.2) is 9.55 Å². The molecule has 0 aliphatic carbocycles. The molecule has 1 N–H and O–H groups in total. The summed E-state index contributed by atoms with van der Waals surface area (Å²) in [5.74, 6) is 0. The highest BCUT2D eigenvalue weighted by Gasteiger charge is 2.30. The summed E-state index contributed by atoms with van der Waals surface area (Å²) in [6.45, 7) is 2.88. The Morgan fingerprint density at radius 3 is 2.60 bits per heavy atom. The van der Waals surface area contributed by atoms with Gasteiger partial charge in [-0.2, -0.15) is 13.2 Å². The number of benzene rings is 1. The van der Waals surface area contributed by atoms with Crippen LogP contribution in [0.25, 0.3) is 11.0 Å². The molecule has 0 radical (unpaired) electrons. The molecule has 0 aliphatic rings. The lowest BCUT2D eigenvalue weighted by Crippen LogP contribution is -2.04. The Balaban J connectivity index is 2.28. The highest BCUT2D eigenvalue weighted by Crippen LogP contribution is 2.31. The van der Waals surface area contributed by atoms with E-state index in [0.717, 1.165) is 49.9 Å². The summed E-state index contributed by atoms with van der Waals surface area (Å²) in [4.78, 5) is 2.86. The van der Waals surface area contributed by atoms with Gasteiger partial charge in [-0.1, -0.05) is 26.2 Å². The molecule has 0 saturated carbocycles. The number of halogens is 3. The third-order valence-electron chi connectivity index (χ3n) is 3.34. The van der Waals surface area contributed by atoms with Crippen molar-refractivity contribution in [2.75, 3.05) is 0 Å². The summed E-state index contributed by atoms with van der Waals surface area (Å²) in [5, 5.41) is 0. The van der Waals surface area contributed by atoms with Gasteiger partial charge in [0, 0.05) is 6.54 Å². The smallest absolute Gasteiger partial charge is 0.331 e. The van der Waals surface area contributed by atoms with E-state index in [2.05, 4.69) is 11.9 Å². The maximum atomic E-state index is 12.7. The molecule has 0 saturated heterocycles. The molecule has 1 aromatic carbocycles. The summed E-state index contributed by atoms with van der Waals surface area (Å²) in [7, 11) is 0. The van der Waals surface area contributed by atoms with Crippen LogP contribution in [-0.2, 0) is 12.7 Å². The molecular weight excluding hydrogens is 285 g/mol. The Morgan fingerprint density at radius 1 is 1.20 bits per heavy atom. The molecule has 0 amide bonds. The zero-order valence-corrected chi connectivity index (χ0v) is 12.1. The number of aromatic nitrogens is 2. The molecule has 2 aromatic rings. The molecule has 2 rings (SSSR count). The van der Waals surface area contributed by atoms with Gasteiger partial charge in [-0.15, -0.1) is 0 Å². The maximum Gasteiger partial charge on any atom is 0.416 e. The van der Waals surface area contributed by atoms with Gasteiger partial charge in [-0.25, -0.2) is 0 Å². The first-order valence-corrected chi connectivity index (χ1v) is 7.14. The molecule has 0 fully saturated rings. The molecular formula is C14H17F3N2S. The lowest BCUT2D eigenvalue weighted by molar-refractivity contribution is -0.137. The van der Waals surface area contributed by atoms with Crippen LogP contribution >= 0.6 is 12.2 Å². The number of imidazole rings is 1. The van der Waals surface area contributed by atoms with Crippen molar-refractivity contribution < 1.29 is 13.2 Å². The van der Waals surface area contributed by atoms with Crippen molar-refractivity contribution in [1.82, 2.24) is 9.55 Å². The van der Waals surface area contributed by atoms with E-state index in [1.165, 1.54) is 6.07 Å². The normalized spacial score (nSPS) is 12.2. The summed E-state index contributed by atoms with van der Waals surface area (Å²) >= 11 is 5.19. The fraction of sp³-hybridized carbons (Fsp3) is 0.500. The molecule has 2 nitrogen and oxygen atoms in total. The van der Waals surface area contributed by atoms with Gasteiger partial charge < -0.3 is 9.55 Å². The topological polar surface area (TPSA) is 20.7 Å². The predicted molar refractivity (Wildman–Crippen MR) is 76.3 cm³/mol. The zero-order chi connectivity index (χ0) is 14.8. The first-order valence-electron chi connectivity index (χ1n) is 6.73. The molecule has 0 aliphatic heterocycles. The Labute approximate surface area is 120 Å². The van der Waals surface area contributed by atoms with Gasteiger partial charge in [-0.05, 0) is 36.8 Å². The van der Waals surface area contributed by atoms with Crippen molar-refractivity contribution in [3.05, 3.63) is 28.5 Å². The Hall–Kier alpha value is -1.30. The third kappa shape index (κ3) is 3.23. The molecule has 6 heteroatoms. The van der Waals surface area contributed by atoms with Gasteiger partial charge in [-0.3, -0.25) is 0 Å². The second-order valence-electron chi connectivity index (χ2n) is 4.87. The Kier molecular flexibility index (Phi) is 4.52. The monoisotopic (exact) mass is 302 g/mol. The number of hydrogen-bond acceptors (Lipinski definition) is 1. The average Bonchev–Trinajstić information content (AvgIpc) is 2.69. The van der Waals surface area contributed by atoms with Gasteiger partial charge in [0.25, 0.3) is 0 Å². The molecule has 110 valence electrons. The molecule has 1 heterocycles. The van der Waals surface area contributed by atoms with Crippen molar-refractivity contribution in [3.8, 4) is 0 Å². The predicted octanol–water partition coefficient (Wildman–Crippen LogP) is 5.30. The fourth-order valence-electron chi connectivity index (χ4n) is 2.26. The zero-order valence-electron chi connectivity index (χ0n) is 11.3. The van der Waals surface area contributed by atoms with Crippen molar-refractivity contribution >= 4 is 23.3 Å². The largest absolute Gasteiger partial charge is 0.416 e. The van der Waals surface area contributed by atoms with E-state index in [1.807, 2.05) is 4.57 Å². The molecule has 1 aromatic heterocycles. The minimum atomic E-state index is -4.33. The van der Waals surface area contributed by atoms with E-state index in [0.29, 0.717) is 10.3 Å². The van der Waals surface area contributed by atoms with Gasteiger partial charge in [0.2, 0.25) is 0 Å².